The minimum absolute atomic E-state index is 0.0312. The minimum Gasteiger partial charge on any atom is -0.316 e. The first-order valence-corrected chi connectivity index (χ1v) is 9.05. The maximum absolute atomic E-state index is 13.1. The molecule has 0 saturated carbocycles. The number of nitrogens with one attached hydrogen (secondary N) is 2. The van der Waals surface area contributed by atoms with Crippen LogP contribution in [0.4, 0.5) is 36.1 Å². The molecule has 27 heavy (non-hydrogen) atoms. The van der Waals surface area contributed by atoms with Crippen LogP contribution in [0.25, 0.3) is 0 Å². The predicted molar refractivity (Wildman–Crippen MR) is 87.6 cm³/mol. The van der Waals surface area contributed by atoms with E-state index in [0.717, 1.165) is 40.8 Å². The molecule has 0 aromatic carbocycles. The highest BCUT2D eigenvalue weighted by Crippen LogP contribution is 2.45. The molecule has 0 atom stereocenters. The summed E-state index contributed by atoms with van der Waals surface area (Å²) in [5.74, 6) is 0. The Morgan fingerprint density at radius 1 is 1.11 bits per heavy atom. The van der Waals surface area contributed by atoms with Crippen molar-refractivity contribution >= 4 is 22.4 Å². The highest BCUT2D eigenvalue weighted by molar-refractivity contribution is 7.16. The zero-order chi connectivity index (χ0) is 20.5. The largest absolute Gasteiger partial charge is 0.420 e. The van der Waals surface area contributed by atoms with Gasteiger partial charge in [0.25, 0.3) is 0 Å². The Labute approximate surface area is 155 Å². The van der Waals surface area contributed by atoms with E-state index in [0.29, 0.717) is 25.3 Å². The number of fused-ring (bicyclic) bond motifs is 1. The van der Waals surface area contributed by atoms with Crippen molar-refractivity contribution in [3.05, 3.63) is 16.0 Å². The van der Waals surface area contributed by atoms with Gasteiger partial charge in [-0.2, -0.15) is 31.6 Å². The number of rotatable bonds is 3. The van der Waals surface area contributed by atoms with E-state index in [4.69, 9.17) is 0 Å². The summed E-state index contributed by atoms with van der Waals surface area (Å²) in [6, 6.07) is 0.244. The van der Waals surface area contributed by atoms with Crippen LogP contribution in [0.1, 0.15) is 48.6 Å². The molecule has 11 heteroatoms. The van der Waals surface area contributed by atoms with Gasteiger partial charge in [0.05, 0.1) is 5.56 Å². The Kier molecular flexibility index (Phi) is 5.99. The van der Waals surface area contributed by atoms with Gasteiger partial charge in [0.2, 0.25) is 5.54 Å². The number of nitrogens with zero attached hydrogens (tertiary/aromatic N) is 1. The first-order valence-electron chi connectivity index (χ1n) is 8.24. The number of halogens is 6. The lowest BCUT2D eigenvalue weighted by Crippen LogP contribution is -2.67. The lowest BCUT2D eigenvalue weighted by Gasteiger charge is -2.36. The minimum atomic E-state index is -5.73. The molecule has 1 aliphatic carbocycles. The second-order valence-electron chi connectivity index (χ2n) is 6.21. The maximum atomic E-state index is 13.1. The second kappa shape index (κ2) is 7.58. The molecule has 1 aliphatic rings. The van der Waals surface area contributed by atoms with Crippen molar-refractivity contribution in [2.75, 3.05) is 5.32 Å². The van der Waals surface area contributed by atoms with Crippen LogP contribution in [0.15, 0.2) is 0 Å². The predicted octanol–water partition coefficient (Wildman–Crippen LogP) is 5.28. The Balaban J connectivity index is 2.31. The van der Waals surface area contributed by atoms with Crippen molar-refractivity contribution in [2.24, 2.45) is 0 Å². The molecule has 0 fully saturated rings. The standard InChI is InChI=1S/C16H17F6N3OS/c1-2-14(15(17,18)19,16(20,21)22)25-13(26)24-12-10(8-23)9-6-4-3-5-7-11(9)27-12/h2-7H2,1H3,(H2,24,25,26). The molecule has 150 valence electrons. The van der Waals surface area contributed by atoms with Crippen LogP contribution in [0.5, 0.6) is 0 Å². The maximum Gasteiger partial charge on any atom is 0.420 e. The molecule has 0 bridgehead atoms. The van der Waals surface area contributed by atoms with Gasteiger partial charge in [0.15, 0.2) is 0 Å². The van der Waals surface area contributed by atoms with Crippen molar-refractivity contribution in [3.63, 3.8) is 0 Å². The van der Waals surface area contributed by atoms with Gasteiger partial charge in [-0.1, -0.05) is 13.3 Å². The number of alkyl halides is 6. The highest BCUT2D eigenvalue weighted by Gasteiger charge is 2.70. The number of aryl methyl sites for hydroxylation is 1. The molecular weight excluding hydrogens is 396 g/mol. The zero-order valence-corrected chi connectivity index (χ0v) is 15.1. The van der Waals surface area contributed by atoms with Crippen molar-refractivity contribution in [3.8, 4) is 6.07 Å². The quantitative estimate of drug-likeness (QED) is 0.523. The SMILES string of the molecule is CCC(NC(=O)Nc1sc2c(c1C#N)CCCCC2)(C(F)(F)F)C(F)(F)F. The molecule has 2 N–H and O–H groups in total. The van der Waals surface area contributed by atoms with Gasteiger partial charge in [-0.25, -0.2) is 4.79 Å². The molecule has 2 rings (SSSR count). The molecule has 0 aliphatic heterocycles. The average molecular weight is 413 g/mol. The van der Waals surface area contributed by atoms with E-state index in [9.17, 15) is 36.4 Å². The number of carbonyl (C=O) groups is 1. The van der Waals surface area contributed by atoms with Crippen LogP contribution in [-0.2, 0) is 12.8 Å². The van der Waals surface area contributed by atoms with Gasteiger partial charge < -0.3 is 5.32 Å². The summed E-state index contributed by atoms with van der Waals surface area (Å²) >= 11 is 1.02. The van der Waals surface area contributed by atoms with Gasteiger partial charge in [-0.05, 0) is 37.7 Å². The number of amides is 2. The lowest BCUT2D eigenvalue weighted by atomic mass is 9.94. The Morgan fingerprint density at radius 2 is 1.70 bits per heavy atom. The summed E-state index contributed by atoms with van der Waals surface area (Å²) in [7, 11) is 0. The molecule has 1 aromatic rings. The average Bonchev–Trinajstić information content (AvgIpc) is 2.70. The van der Waals surface area contributed by atoms with Crippen LogP contribution in [-0.4, -0.2) is 23.9 Å². The normalized spacial score (nSPS) is 15.5. The molecule has 4 nitrogen and oxygen atoms in total. The van der Waals surface area contributed by atoms with E-state index >= 15 is 0 Å². The van der Waals surface area contributed by atoms with Gasteiger partial charge in [-0.15, -0.1) is 11.3 Å². The number of anilines is 1. The zero-order valence-electron chi connectivity index (χ0n) is 14.3. The number of urea groups is 1. The fraction of sp³-hybridized carbons (Fsp3) is 0.625. The molecule has 0 radical (unpaired) electrons. The highest BCUT2D eigenvalue weighted by atomic mass is 32.1. The summed E-state index contributed by atoms with van der Waals surface area (Å²) in [5.41, 5.74) is -3.55. The Bertz CT molecular complexity index is 733. The number of thiophene rings is 1. The topological polar surface area (TPSA) is 64.9 Å². The van der Waals surface area contributed by atoms with E-state index in [2.05, 4.69) is 0 Å². The van der Waals surface area contributed by atoms with Crippen LogP contribution in [0, 0.1) is 11.3 Å². The third kappa shape index (κ3) is 4.00. The lowest BCUT2D eigenvalue weighted by molar-refractivity contribution is -0.304. The van der Waals surface area contributed by atoms with E-state index in [1.807, 2.05) is 11.4 Å². The molecular formula is C16H17F6N3OS. The molecule has 0 saturated heterocycles. The van der Waals surface area contributed by atoms with E-state index in [1.165, 1.54) is 0 Å². The summed E-state index contributed by atoms with van der Waals surface area (Å²) in [6.45, 7) is 0.690. The molecule has 0 spiro atoms. The van der Waals surface area contributed by atoms with Crippen molar-refractivity contribution in [1.82, 2.24) is 5.32 Å². The summed E-state index contributed by atoms with van der Waals surface area (Å²) < 4.78 is 78.8. The fourth-order valence-corrected chi connectivity index (χ4v) is 4.30. The van der Waals surface area contributed by atoms with E-state index < -0.39 is 30.3 Å². The summed E-state index contributed by atoms with van der Waals surface area (Å²) in [4.78, 5) is 12.8. The molecule has 0 unspecified atom stereocenters. The smallest absolute Gasteiger partial charge is 0.316 e. The Morgan fingerprint density at radius 3 is 2.22 bits per heavy atom. The first kappa shape index (κ1) is 21.3. The van der Waals surface area contributed by atoms with Crippen LogP contribution < -0.4 is 10.6 Å². The fourth-order valence-electron chi connectivity index (χ4n) is 3.07. The van der Waals surface area contributed by atoms with Gasteiger partial charge in [-0.3, -0.25) is 5.32 Å². The first-order chi connectivity index (χ1) is 12.5. The van der Waals surface area contributed by atoms with E-state index in [-0.39, 0.29) is 10.6 Å². The van der Waals surface area contributed by atoms with Crippen molar-refractivity contribution in [2.45, 2.75) is 63.3 Å². The van der Waals surface area contributed by atoms with Gasteiger partial charge in [0.1, 0.15) is 11.1 Å². The molecule has 2 amide bonds. The monoisotopic (exact) mass is 413 g/mol. The number of carbonyl (C=O) groups excluding carboxylic acids is 1. The third-order valence-corrected chi connectivity index (χ3v) is 5.79. The molecule has 1 aromatic heterocycles. The van der Waals surface area contributed by atoms with Crippen LogP contribution in [0.3, 0.4) is 0 Å². The number of hydrogen-bond donors (Lipinski definition) is 2. The van der Waals surface area contributed by atoms with Crippen LogP contribution in [0.2, 0.25) is 0 Å². The Hall–Kier alpha value is -1.96. The van der Waals surface area contributed by atoms with Crippen molar-refractivity contribution in [1.29, 1.82) is 5.26 Å². The second-order valence-corrected chi connectivity index (χ2v) is 7.32. The van der Waals surface area contributed by atoms with Crippen LogP contribution >= 0.6 is 11.3 Å². The molecule has 1 heterocycles. The summed E-state index contributed by atoms with van der Waals surface area (Å²) in [5, 5.41) is 12.4. The number of hydrogen-bond acceptors (Lipinski definition) is 3. The van der Waals surface area contributed by atoms with Gasteiger partial charge in [0, 0.05) is 4.88 Å². The third-order valence-electron chi connectivity index (χ3n) is 4.59. The van der Waals surface area contributed by atoms with Gasteiger partial charge >= 0.3 is 18.4 Å². The number of nitriles is 1. The van der Waals surface area contributed by atoms with Crippen molar-refractivity contribution < 1.29 is 31.1 Å². The van der Waals surface area contributed by atoms with E-state index in [1.54, 1.807) is 0 Å². The summed E-state index contributed by atoms with van der Waals surface area (Å²) in [6.07, 6.45) is -8.99.